The Hall–Kier alpha value is -1.36. The van der Waals surface area contributed by atoms with Gasteiger partial charge in [-0.1, -0.05) is 0 Å². The van der Waals surface area contributed by atoms with Gasteiger partial charge in [-0.25, -0.2) is 4.68 Å². The lowest BCUT2D eigenvalue weighted by Crippen LogP contribution is -2.24. The van der Waals surface area contributed by atoms with Gasteiger partial charge in [0, 0.05) is 26.7 Å². The predicted octanol–water partition coefficient (Wildman–Crippen LogP) is 0.0482. The Morgan fingerprint density at radius 2 is 2.20 bits per heavy atom. The van der Waals surface area contributed by atoms with Gasteiger partial charge in [0.15, 0.2) is 0 Å². The predicted molar refractivity (Wildman–Crippen MR) is 61.1 cm³/mol. The fraction of sp³-hybridized carbons (Fsp3) is 0.600. The molecule has 0 amide bonds. The number of aryl methyl sites for hydroxylation is 1. The average Bonchev–Trinajstić information content (AvgIpc) is 2.20. The van der Waals surface area contributed by atoms with Crippen molar-refractivity contribution in [3.05, 3.63) is 22.6 Å². The summed E-state index contributed by atoms with van der Waals surface area (Å²) in [6, 6.07) is 1.59. The van der Waals surface area contributed by atoms with Gasteiger partial charge in [-0.05, 0) is 19.4 Å². The molecule has 0 saturated carbocycles. The number of hydrogen-bond donors (Lipinski definition) is 1. The fourth-order valence-electron chi connectivity index (χ4n) is 1.24. The number of nitrogens with two attached hydrogens (primary N) is 1. The Kier molecular flexibility index (Phi) is 4.30. The van der Waals surface area contributed by atoms with Gasteiger partial charge in [0.1, 0.15) is 0 Å². The SMILES string of the molecule is CN(C)c1cnn(CCCCN)c(=O)c1. The molecule has 0 aliphatic heterocycles. The van der Waals surface area contributed by atoms with Gasteiger partial charge in [0.2, 0.25) is 0 Å². The van der Waals surface area contributed by atoms with Gasteiger partial charge in [-0.3, -0.25) is 4.79 Å². The number of aromatic nitrogens is 2. The first-order valence-corrected chi connectivity index (χ1v) is 5.09. The van der Waals surface area contributed by atoms with Crippen molar-refractivity contribution >= 4 is 5.69 Å². The van der Waals surface area contributed by atoms with Crippen molar-refractivity contribution in [2.24, 2.45) is 5.73 Å². The van der Waals surface area contributed by atoms with E-state index in [-0.39, 0.29) is 5.56 Å². The first-order valence-electron chi connectivity index (χ1n) is 5.09. The normalized spacial score (nSPS) is 10.3. The van der Waals surface area contributed by atoms with Crippen molar-refractivity contribution in [3.63, 3.8) is 0 Å². The number of rotatable bonds is 5. The van der Waals surface area contributed by atoms with Gasteiger partial charge in [0.05, 0.1) is 11.9 Å². The zero-order valence-corrected chi connectivity index (χ0v) is 9.31. The molecule has 84 valence electrons. The summed E-state index contributed by atoms with van der Waals surface area (Å²) < 4.78 is 1.47. The molecule has 5 nitrogen and oxygen atoms in total. The molecule has 15 heavy (non-hydrogen) atoms. The second-order valence-electron chi connectivity index (χ2n) is 3.67. The molecule has 0 aromatic carbocycles. The van der Waals surface area contributed by atoms with Gasteiger partial charge < -0.3 is 10.6 Å². The van der Waals surface area contributed by atoms with Crippen molar-refractivity contribution in [2.75, 3.05) is 25.5 Å². The molecular formula is C10H18N4O. The average molecular weight is 210 g/mol. The maximum absolute atomic E-state index is 11.6. The monoisotopic (exact) mass is 210 g/mol. The second kappa shape index (κ2) is 5.50. The van der Waals surface area contributed by atoms with Crippen LogP contribution < -0.4 is 16.2 Å². The third kappa shape index (κ3) is 3.36. The third-order valence-corrected chi connectivity index (χ3v) is 2.20. The van der Waals surface area contributed by atoms with E-state index < -0.39 is 0 Å². The maximum Gasteiger partial charge on any atom is 0.268 e. The van der Waals surface area contributed by atoms with E-state index in [4.69, 9.17) is 5.73 Å². The van der Waals surface area contributed by atoms with E-state index in [2.05, 4.69) is 5.10 Å². The molecule has 1 aromatic heterocycles. The summed E-state index contributed by atoms with van der Waals surface area (Å²) in [6.07, 6.45) is 3.51. The summed E-state index contributed by atoms with van der Waals surface area (Å²) in [4.78, 5) is 13.4. The summed E-state index contributed by atoms with van der Waals surface area (Å²) in [7, 11) is 3.77. The van der Waals surface area contributed by atoms with Crippen LogP contribution in [0.25, 0.3) is 0 Å². The number of unbranched alkanes of at least 4 members (excludes halogenated alkanes) is 1. The van der Waals surface area contributed by atoms with Gasteiger partial charge in [-0.2, -0.15) is 5.10 Å². The van der Waals surface area contributed by atoms with Gasteiger partial charge in [-0.15, -0.1) is 0 Å². The van der Waals surface area contributed by atoms with Crippen LogP contribution in [0.4, 0.5) is 5.69 Å². The van der Waals surface area contributed by atoms with Crippen molar-refractivity contribution in [3.8, 4) is 0 Å². The Morgan fingerprint density at radius 1 is 1.47 bits per heavy atom. The minimum atomic E-state index is -0.0572. The zero-order chi connectivity index (χ0) is 11.3. The minimum Gasteiger partial charge on any atom is -0.376 e. The van der Waals surface area contributed by atoms with Crippen LogP contribution in [0.5, 0.6) is 0 Å². The van der Waals surface area contributed by atoms with Crippen LogP contribution in [0.15, 0.2) is 17.1 Å². The molecule has 5 heteroatoms. The molecule has 2 N–H and O–H groups in total. The molecule has 0 bridgehead atoms. The quantitative estimate of drug-likeness (QED) is 0.697. The fourth-order valence-corrected chi connectivity index (χ4v) is 1.24. The molecule has 1 aromatic rings. The number of hydrogen-bond acceptors (Lipinski definition) is 4. The van der Waals surface area contributed by atoms with Crippen LogP contribution in [0.2, 0.25) is 0 Å². The zero-order valence-electron chi connectivity index (χ0n) is 9.31. The molecule has 0 saturated heterocycles. The molecular weight excluding hydrogens is 192 g/mol. The lowest BCUT2D eigenvalue weighted by molar-refractivity contribution is 0.535. The number of anilines is 1. The van der Waals surface area contributed by atoms with Crippen molar-refractivity contribution in [1.29, 1.82) is 0 Å². The van der Waals surface area contributed by atoms with E-state index in [1.807, 2.05) is 19.0 Å². The maximum atomic E-state index is 11.6. The van der Waals surface area contributed by atoms with E-state index >= 15 is 0 Å². The van der Waals surface area contributed by atoms with Gasteiger partial charge in [0.25, 0.3) is 5.56 Å². The largest absolute Gasteiger partial charge is 0.376 e. The molecule has 1 rings (SSSR count). The topological polar surface area (TPSA) is 64.2 Å². The molecule has 0 unspecified atom stereocenters. The second-order valence-corrected chi connectivity index (χ2v) is 3.67. The highest BCUT2D eigenvalue weighted by Gasteiger charge is 2.00. The van der Waals surface area contributed by atoms with Crippen LogP contribution in [-0.2, 0) is 6.54 Å². The molecule has 0 spiro atoms. The Bertz CT molecular complexity index is 359. The Labute approximate surface area is 89.5 Å². The molecule has 0 atom stereocenters. The summed E-state index contributed by atoms with van der Waals surface area (Å²) in [5, 5.41) is 4.09. The Morgan fingerprint density at radius 3 is 2.73 bits per heavy atom. The van der Waals surface area contributed by atoms with Crippen molar-refractivity contribution < 1.29 is 0 Å². The first-order chi connectivity index (χ1) is 7.15. The van der Waals surface area contributed by atoms with Crippen LogP contribution >= 0.6 is 0 Å². The highest BCUT2D eigenvalue weighted by molar-refractivity contribution is 5.40. The smallest absolute Gasteiger partial charge is 0.268 e. The van der Waals surface area contributed by atoms with E-state index in [9.17, 15) is 4.79 Å². The molecule has 0 fully saturated rings. The summed E-state index contributed by atoms with van der Waals surface area (Å²) in [6.45, 7) is 1.30. The lowest BCUT2D eigenvalue weighted by atomic mass is 10.3. The van der Waals surface area contributed by atoms with Crippen molar-refractivity contribution in [2.45, 2.75) is 19.4 Å². The van der Waals surface area contributed by atoms with Crippen LogP contribution in [0, 0.1) is 0 Å². The Balaban J connectivity index is 2.71. The number of nitrogens with zero attached hydrogens (tertiary/aromatic N) is 3. The van der Waals surface area contributed by atoms with Crippen LogP contribution in [0.3, 0.4) is 0 Å². The van der Waals surface area contributed by atoms with Crippen molar-refractivity contribution in [1.82, 2.24) is 9.78 Å². The molecule has 0 aliphatic rings. The third-order valence-electron chi connectivity index (χ3n) is 2.20. The van der Waals surface area contributed by atoms with Crippen LogP contribution in [0.1, 0.15) is 12.8 Å². The van der Waals surface area contributed by atoms with E-state index in [0.29, 0.717) is 13.1 Å². The molecule has 0 radical (unpaired) electrons. The molecule has 0 aliphatic carbocycles. The summed E-state index contributed by atoms with van der Waals surface area (Å²) in [5.74, 6) is 0. The summed E-state index contributed by atoms with van der Waals surface area (Å²) in [5.41, 5.74) is 6.15. The van der Waals surface area contributed by atoms with E-state index in [0.717, 1.165) is 18.5 Å². The lowest BCUT2D eigenvalue weighted by Gasteiger charge is -2.12. The van der Waals surface area contributed by atoms with E-state index in [1.54, 1.807) is 12.3 Å². The molecule has 1 heterocycles. The van der Waals surface area contributed by atoms with E-state index in [1.165, 1.54) is 4.68 Å². The standard InChI is InChI=1S/C10H18N4O/c1-13(2)9-7-10(15)14(12-8-9)6-4-3-5-11/h7-8H,3-6,11H2,1-2H3. The first kappa shape index (κ1) is 11.7. The van der Waals surface area contributed by atoms with Gasteiger partial charge >= 0.3 is 0 Å². The van der Waals surface area contributed by atoms with Crippen LogP contribution in [-0.4, -0.2) is 30.4 Å². The highest BCUT2D eigenvalue weighted by Crippen LogP contribution is 2.03. The summed E-state index contributed by atoms with van der Waals surface area (Å²) >= 11 is 0. The highest BCUT2D eigenvalue weighted by atomic mass is 16.1. The minimum absolute atomic E-state index is 0.0572.